The molecule has 0 saturated carbocycles. The molecule has 0 radical (unpaired) electrons. The van der Waals surface area contributed by atoms with Crippen LogP contribution < -0.4 is 10.1 Å². The average molecular weight is 280 g/mol. The van der Waals surface area contributed by atoms with Crippen LogP contribution in [-0.2, 0) is 16.4 Å². The van der Waals surface area contributed by atoms with Crippen molar-refractivity contribution in [3.63, 3.8) is 0 Å². The molecule has 6 heteroatoms. The summed E-state index contributed by atoms with van der Waals surface area (Å²) in [6, 6.07) is 7.27. The number of ether oxygens (including phenoxy) is 1. The third-order valence-corrected chi connectivity index (χ3v) is 4.99. The highest BCUT2D eigenvalue weighted by Gasteiger charge is 2.27. The average Bonchev–Trinajstić information content (AvgIpc) is 2.75. The van der Waals surface area contributed by atoms with E-state index in [0.29, 0.717) is 24.3 Å². The van der Waals surface area contributed by atoms with Crippen molar-refractivity contribution in [2.24, 2.45) is 0 Å². The highest BCUT2D eigenvalue weighted by atomic mass is 32.2. The molecule has 0 aliphatic carbocycles. The Morgan fingerprint density at radius 1 is 1.53 bits per heavy atom. The largest absolute Gasteiger partial charge is 0.496 e. The van der Waals surface area contributed by atoms with Gasteiger partial charge in [-0.1, -0.05) is 0 Å². The van der Waals surface area contributed by atoms with Crippen LogP contribution in [0.25, 0.3) is 0 Å². The highest BCUT2D eigenvalue weighted by molar-refractivity contribution is 7.91. The number of hydrogen-bond acceptors (Lipinski definition) is 5. The number of nitrogens with one attached hydrogen (secondary N) is 1. The van der Waals surface area contributed by atoms with Gasteiger partial charge in [0, 0.05) is 18.2 Å². The van der Waals surface area contributed by atoms with Gasteiger partial charge < -0.3 is 10.1 Å². The molecule has 1 aromatic carbocycles. The van der Waals surface area contributed by atoms with E-state index in [0.717, 1.165) is 5.56 Å². The van der Waals surface area contributed by atoms with Crippen molar-refractivity contribution in [2.75, 3.05) is 18.6 Å². The first-order valence-electron chi connectivity index (χ1n) is 6.05. The van der Waals surface area contributed by atoms with Gasteiger partial charge >= 0.3 is 0 Å². The van der Waals surface area contributed by atoms with Gasteiger partial charge in [-0.25, -0.2) is 8.42 Å². The standard InChI is InChI=1S/C13H16N2O3S/c1-18-13-3-2-10(7-14)6-11(13)8-15-12-4-5-19(16,17)9-12/h2-3,6,12,15H,4-5,8-9H2,1H3. The number of nitriles is 1. The molecule has 0 bridgehead atoms. The van der Waals surface area contributed by atoms with Crippen LogP contribution >= 0.6 is 0 Å². The molecule has 1 aromatic rings. The van der Waals surface area contributed by atoms with Gasteiger partial charge in [0.2, 0.25) is 0 Å². The number of methoxy groups -OCH3 is 1. The molecule has 0 spiro atoms. The first kappa shape index (κ1) is 13.8. The van der Waals surface area contributed by atoms with Crippen LogP contribution in [0, 0.1) is 11.3 Å². The van der Waals surface area contributed by atoms with Crippen molar-refractivity contribution in [3.05, 3.63) is 29.3 Å². The van der Waals surface area contributed by atoms with Crippen LogP contribution in [0.3, 0.4) is 0 Å². The van der Waals surface area contributed by atoms with Crippen molar-refractivity contribution in [1.29, 1.82) is 5.26 Å². The Hall–Kier alpha value is -1.58. The molecular formula is C13H16N2O3S. The SMILES string of the molecule is COc1ccc(C#N)cc1CNC1CCS(=O)(=O)C1. The van der Waals surface area contributed by atoms with E-state index in [4.69, 9.17) is 10.00 Å². The zero-order chi connectivity index (χ0) is 13.9. The van der Waals surface area contributed by atoms with E-state index >= 15 is 0 Å². The van der Waals surface area contributed by atoms with Gasteiger partial charge in [0.1, 0.15) is 5.75 Å². The fourth-order valence-corrected chi connectivity index (χ4v) is 3.90. The maximum atomic E-state index is 11.4. The Labute approximate surface area is 113 Å². The van der Waals surface area contributed by atoms with Crippen molar-refractivity contribution in [3.8, 4) is 11.8 Å². The monoisotopic (exact) mass is 280 g/mol. The molecule has 1 fully saturated rings. The smallest absolute Gasteiger partial charge is 0.151 e. The van der Waals surface area contributed by atoms with Gasteiger partial charge in [-0.05, 0) is 24.6 Å². The normalized spacial score (nSPS) is 20.9. The highest BCUT2D eigenvalue weighted by Crippen LogP contribution is 2.20. The molecule has 0 aromatic heterocycles. The summed E-state index contributed by atoms with van der Waals surface area (Å²) in [5, 5.41) is 12.1. The van der Waals surface area contributed by atoms with E-state index in [2.05, 4.69) is 11.4 Å². The third kappa shape index (κ3) is 3.46. The number of rotatable bonds is 4. The van der Waals surface area contributed by atoms with E-state index in [1.54, 1.807) is 25.3 Å². The molecule has 1 aliphatic rings. The van der Waals surface area contributed by atoms with Crippen molar-refractivity contribution in [1.82, 2.24) is 5.32 Å². The lowest BCUT2D eigenvalue weighted by molar-refractivity contribution is 0.406. The summed E-state index contributed by atoms with van der Waals surface area (Å²) in [6.45, 7) is 0.499. The van der Waals surface area contributed by atoms with Gasteiger partial charge in [-0.15, -0.1) is 0 Å². The Morgan fingerprint density at radius 2 is 2.32 bits per heavy atom. The minimum absolute atomic E-state index is 0.0135. The topological polar surface area (TPSA) is 79.2 Å². The van der Waals surface area contributed by atoms with Crippen LogP contribution in [0.15, 0.2) is 18.2 Å². The summed E-state index contributed by atoms with van der Waals surface area (Å²) >= 11 is 0. The number of benzene rings is 1. The zero-order valence-corrected chi connectivity index (χ0v) is 11.5. The molecule has 0 amide bonds. The summed E-state index contributed by atoms with van der Waals surface area (Å²) in [5.41, 5.74) is 1.43. The number of hydrogen-bond donors (Lipinski definition) is 1. The van der Waals surface area contributed by atoms with Gasteiger partial charge in [0.15, 0.2) is 9.84 Å². The molecule has 1 aliphatic heterocycles. The summed E-state index contributed by atoms with van der Waals surface area (Å²) in [6.07, 6.45) is 0.641. The van der Waals surface area contributed by atoms with Gasteiger partial charge in [0.25, 0.3) is 0 Å². The number of nitrogens with zero attached hydrogens (tertiary/aromatic N) is 1. The Morgan fingerprint density at radius 3 is 2.89 bits per heavy atom. The Bertz CT molecular complexity index is 605. The summed E-state index contributed by atoms with van der Waals surface area (Å²) < 4.78 is 28.0. The zero-order valence-electron chi connectivity index (χ0n) is 10.7. The van der Waals surface area contributed by atoms with Gasteiger partial charge in [-0.3, -0.25) is 0 Å². The lowest BCUT2D eigenvalue weighted by atomic mass is 10.1. The van der Waals surface area contributed by atoms with E-state index in [-0.39, 0.29) is 17.5 Å². The molecule has 1 unspecified atom stereocenters. The Kier molecular flexibility index (Phi) is 4.08. The Balaban J connectivity index is 2.05. The van der Waals surface area contributed by atoms with E-state index < -0.39 is 9.84 Å². The fourth-order valence-electron chi connectivity index (χ4n) is 2.20. The minimum Gasteiger partial charge on any atom is -0.496 e. The second kappa shape index (κ2) is 5.59. The molecule has 1 heterocycles. The minimum atomic E-state index is -2.87. The lowest BCUT2D eigenvalue weighted by Crippen LogP contribution is -2.29. The molecule has 102 valence electrons. The summed E-state index contributed by atoms with van der Waals surface area (Å²) in [4.78, 5) is 0. The van der Waals surface area contributed by atoms with Gasteiger partial charge in [0.05, 0.1) is 30.2 Å². The predicted molar refractivity (Wildman–Crippen MR) is 71.6 cm³/mol. The predicted octanol–water partition coefficient (Wildman–Crippen LogP) is 0.844. The molecule has 5 nitrogen and oxygen atoms in total. The lowest BCUT2D eigenvalue weighted by Gasteiger charge is -2.13. The van der Waals surface area contributed by atoms with E-state index in [9.17, 15) is 8.42 Å². The van der Waals surface area contributed by atoms with Crippen LogP contribution in [0.2, 0.25) is 0 Å². The van der Waals surface area contributed by atoms with Crippen molar-refractivity contribution < 1.29 is 13.2 Å². The second-order valence-corrected chi connectivity index (χ2v) is 6.85. The fraction of sp³-hybridized carbons (Fsp3) is 0.462. The summed E-state index contributed by atoms with van der Waals surface area (Å²) in [7, 11) is -1.30. The van der Waals surface area contributed by atoms with Crippen molar-refractivity contribution in [2.45, 2.75) is 19.0 Å². The molecular weight excluding hydrogens is 264 g/mol. The van der Waals surface area contributed by atoms with E-state index in [1.807, 2.05) is 0 Å². The molecule has 19 heavy (non-hydrogen) atoms. The van der Waals surface area contributed by atoms with Crippen molar-refractivity contribution >= 4 is 9.84 Å². The quantitative estimate of drug-likeness (QED) is 0.884. The molecule has 1 atom stereocenters. The second-order valence-electron chi connectivity index (χ2n) is 4.62. The first-order chi connectivity index (χ1) is 9.04. The summed E-state index contributed by atoms with van der Waals surface area (Å²) in [5.74, 6) is 1.14. The molecule has 2 rings (SSSR count). The van der Waals surface area contributed by atoms with Crippen LogP contribution in [0.4, 0.5) is 0 Å². The third-order valence-electron chi connectivity index (χ3n) is 3.22. The molecule has 1 saturated heterocycles. The van der Waals surface area contributed by atoms with E-state index in [1.165, 1.54) is 0 Å². The molecule has 1 N–H and O–H groups in total. The van der Waals surface area contributed by atoms with Crippen LogP contribution in [-0.4, -0.2) is 33.1 Å². The maximum absolute atomic E-state index is 11.4. The maximum Gasteiger partial charge on any atom is 0.151 e. The van der Waals surface area contributed by atoms with Crippen LogP contribution in [0.1, 0.15) is 17.5 Å². The number of sulfone groups is 1. The van der Waals surface area contributed by atoms with Crippen LogP contribution in [0.5, 0.6) is 5.75 Å². The first-order valence-corrected chi connectivity index (χ1v) is 7.87. The van der Waals surface area contributed by atoms with Gasteiger partial charge in [-0.2, -0.15) is 5.26 Å².